The van der Waals surface area contributed by atoms with Crippen LogP contribution < -0.4 is 15.1 Å². The van der Waals surface area contributed by atoms with E-state index in [9.17, 15) is 4.79 Å². The Morgan fingerprint density at radius 2 is 2.10 bits per heavy atom. The van der Waals surface area contributed by atoms with Crippen LogP contribution in [0.3, 0.4) is 0 Å². The van der Waals surface area contributed by atoms with Crippen LogP contribution in [0.25, 0.3) is 22.0 Å². The van der Waals surface area contributed by atoms with Crippen LogP contribution in [0.1, 0.15) is 16.8 Å². The number of nitrogens with zero attached hydrogens (tertiary/aromatic N) is 2. The normalized spacial score (nSPS) is 14.6. The summed E-state index contributed by atoms with van der Waals surface area (Å²) in [6.07, 6.45) is 2.58. The number of fused-ring (bicyclic) bond motifs is 1. The van der Waals surface area contributed by atoms with E-state index in [1.165, 1.54) is 7.11 Å². The van der Waals surface area contributed by atoms with E-state index in [0.717, 1.165) is 54.0 Å². The molecule has 0 bridgehead atoms. The average molecular weight is 431 g/mol. The molecule has 0 radical (unpaired) electrons. The van der Waals surface area contributed by atoms with E-state index >= 15 is 0 Å². The Kier molecular flexibility index (Phi) is 6.08. The predicted octanol–water partition coefficient (Wildman–Crippen LogP) is 3.41. The summed E-state index contributed by atoms with van der Waals surface area (Å²) >= 11 is 6.57. The minimum atomic E-state index is -0.346. The molecule has 0 atom stereocenters. The molecule has 1 aliphatic rings. The van der Waals surface area contributed by atoms with Gasteiger partial charge in [0.2, 0.25) is 5.88 Å². The van der Waals surface area contributed by atoms with Gasteiger partial charge in [0.05, 0.1) is 31.4 Å². The van der Waals surface area contributed by atoms with E-state index in [-0.39, 0.29) is 5.91 Å². The van der Waals surface area contributed by atoms with Crippen molar-refractivity contribution in [3.8, 4) is 17.0 Å². The van der Waals surface area contributed by atoms with E-state index in [2.05, 4.69) is 15.4 Å². The van der Waals surface area contributed by atoms with Gasteiger partial charge < -0.3 is 19.4 Å². The quantitative estimate of drug-likeness (QED) is 0.603. The predicted molar refractivity (Wildman–Crippen MR) is 115 cm³/mol. The number of anilines is 1. The highest BCUT2D eigenvalue weighted by Crippen LogP contribution is 2.38. The van der Waals surface area contributed by atoms with E-state index in [0.29, 0.717) is 23.1 Å². The van der Waals surface area contributed by atoms with Gasteiger partial charge in [0.15, 0.2) is 0 Å². The van der Waals surface area contributed by atoms with Gasteiger partial charge in [0.1, 0.15) is 5.82 Å². The van der Waals surface area contributed by atoms with Crippen LogP contribution in [0, 0.1) is 0 Å². The standard InChI is InChI=1S/C21H23ClN4O4/c1-28-21-13(4-5-19(24-21)26-6-3-8-30-9-7-26)14-10-15-16(20(27)25-29-2)12-23-18(15)11-17(14)22/h4-5,10-12,23H,3,6-9H2,1-2H3,(H,25,27). The summed E-state index contributed by atoms with van der Waals surface area (Å²) in [5, 5.41) is 1.25. The third-order valence-corrected chi connectivity index (χ3v) is 5.40. The summed E-state index contributed by atoms with van der Waals surface area (Å²) in [6, 6.07) is 7.55. The molecular formula is C21H23ClN4O4. The lowest BCUT2D eigenvalue weighted by Gasteiger charge is -2.22. The van der Waals surface area contributed by atoms with Crippen molar-refractivity contribution < 1.29 is 19.1 Å². The summed E-state index contributed by atoms with van der Waals surface area (Å²) < 4.78 is 11.1. The molecule has 8 nitrogen and oxygen atoms in total. The topological polar surface area (TPSA) is 88.7 Å². The van der Waals surface area contributed by atoms with Crippen LogP contribution >= 0.6 is 11.6 Å². The van der Waals surface area contributed by atoms with Crippen molar-refractivity contribution in [3.05, 3.63) is 41.0 Å². The fourth-order valence-corrected chi connectivity index (χ4v) is 3.89. The first-order valence-electron chi connectivity index (χ1n) is 9.64. The van der Waals surface area contributed by atoms with E-state index < -0.39 is 0 Å². The molecule has 3 aromatic rings. The molecule has 1 amide bonds. The highest BCUT2D eigenvalue weighted by molar-refractivity contribution is 6.34. The number of rotatable bonds is 5. The fourth-order valence-electron chi connectivity index (χ4n) is 3.63. The molecule has 0 spiro atoms. The van der Waals surface area contributed by atoms with Gasteiger partial charge in [0.25, 0.3) is 5.91 Å². The molecular weight excluding hydrogens is 408 g/mol. The summed E-state index contributed by atoms with van der Waals surface area (Å²) in [5.41, 5.74) is 5.02. The third-order valence-electron chi connectivity index (χ3n) is 5.08. The Labute approximate surface area is 179 Å². The Morgan fingerprint density at radius 1 is 1.23 bits per heavy atom. The molecule has 30 heavy (non-hydrogen) atoms. The lowest BCUT2D eigenvalue weighted by atomic mass is 10.0. The molecule has 2 aromatic heterocycles. The number of carbonyl (C=O) groups excluding carboxylic acids is 1. The largest absolute Gasteiger partial charge is 0.480 e. The molecule has 0 aliphatic carbocycles. The Bertz CT molecular complexity index is 1060. The Morgan fingerprint density at radius 3 is 2.90 bits per heavy atom. The van der Waals surface area contributed by atoms with E-state index in [1.807, 2.05) is 18.2 Å². The van der Waals surface area contributed by atoms with Crippen LogP contribution in [0.2, 0.25) is 5.02 Å². The zero-order valence-electron chi connectivity index (χ0n) is 16.8. The number of aromatic nitrogens is 2. The SMILES string of the molecule is CONC(=O)c1c[nH]c2cc(Cl)c(-c3ccc(N4CCCOCC4)nc3OC)cc12. The summed E-state index contributed by atoms with van der Waals surface area (Å²) in [7, 11) is 2.98. The van der Waals surface area contributed by atoms with Crippen molar-refractivity contribution >= 4 is 34.2 Å². The van der Waals surface area contributed by atoms with Crippen molar-refractivity contribution in [3.63, 3.8) is 0 Å². The number of ether oxygens (including phenoxy) is 2. The maximum atomic E-state index is 12.3. The number of amides is 1. The maximum Gasteiger partial charge on any atom is 0.276 e. The number of pyridine rings is 1. The van der Waals surface area contributed by atoms with Crippen molar-refractivity contribution in [2.75, 3.05) is 45.4 Å². The van der Waals surface area contributed by atoms with Gasteiger partial charge >= 0.3 is 0 Å². The maximum absolute atomic E-state index is 12.3. The van der Waals surface area contributed by atoms with Crippen LogP contribution in [-0.4, -0.2) is 56.4 Å². The molecule has 1 fully saturated rings. The van der Waals surface area contributed by atoms with Gasteiger partial charge in [-0.05, 0) is 30.7 Å². The van der Waals surface area contributed by atoms with E-state index in [1.54, 1.807) is 19.4 Å². The second kappa shape index (κ2) is 8.91. The molecule has 3 heterocycles. The smallest absolute Gasteiger partial charge is 0.276 e. The first-order valence-corrected chi connectivity index (χ1v) is 10.0. The highest BCUT2D eigenvalue weighted by atomic mass is 35.5. The zero-order valence-corrected chi connectivity index (χ0v) is 17.6. The number of aromatic amines is 1. The number of halogens is 1. The molecule has 158 valence electrons. The molecule has 1 aliphatic heterocycles. The first-order chi connectivity index (χ1) is 14.6. The fraction of sp³-hybridized carbons (Fsp3) is 0.333. The van der Waals surface area contributed by atoms with Crippen molar-refractivity contribution in [1.82, 2.24) is 15.4 Å². The second-order valence-electron chi connectivity index (χ2n) is 6.89. The molecule has 4 rings (SSSR count). The summed E-state index contributed by atoms with van der Waals surface area (Å²) in [4.78, 5) is 27.0. The lowest BCUT2D eigenvalue weighted by Crippen LogP contribution is -2.26. The van der Waals surface area contributed by atoms with E-state index in [4.69, 9.17) is 30.9 Å². The number of H-pyrrole nitrogens is 1. The molecule has 0 unspecified atom stereocenters. The zero-order chi connectivity index (χ0) is 21.1. The number of nitrogens with one attached hydrogen (secondary N) is 2. The van der Waals surface area contributed by atoms with Gasteiger partial charge in [0, 0.05) is 47.9 Å². The summed E-state index contributed by atoms with van der Waals surface area (Å²) in [6.45, 7) is 3.10. The van der Waals surface area contributed by atoms with Crippen LogP contribution in [0.5, 0.6) is 5.88 Å². The van der Waals surface area contributed by atoms with Gasteiger partial charge in [-0.15, -0.1) is 0 Å². The minimum absolute atomic E-state index is 0.346. The van der Waals surface area contributed by atoms with Crippen molar-refractivity contribution in [1.29, 1.82) is 0 Å². The average Bonchev–Trinajstić information content (AvgIpc) is 2.97. The van der Waals surface area contributed by atoms with Crippen molar-refractivity contribution in [2.24, 2.45) is 0 Å². The van der Waals surface area contributed by atoms with Crippen molar-refractivity contribution in [2.45, 2.75) is 6.42 Å². The Hall–Kier alpha value is -2.81. The molecule has 1 aromatic carbocycles. The Balaban J connectivity index is 1.76. The number of carbonyl (C=O) groups is 1. The van der Waals surface area contributed by atoms with Crippen LogP contribution in [0.4, 0.5) is 5.82 Å². The highest BCUT2D eigenvalue weighted by Gasteiger charge is 2.19. The summed E-state index contributed by atoms with van der Waals surface area (Å²) in [5.74, 6) is 0.957. The van der Waals surface area contributed by atoms with Gasteiger partial charge in [-0.3, -0.25) is 9.63 Å². The van der Waals surface area contributed by atoms with Gasteiger partial charge in [-0.25, -0.2) is 5.48 Å². The number of benzene rings is 1. The molecule has 0 saturated carbocycles. The number of methoxy groups -OCH3 is 1. The number of hydrogen-bond donors (Lipinski definition) is 2. The number of hydrogen-bond acceptors (Lipinski definition) is 6. The minimum Gasteiger partial charge on any atom is -0.480 e. The lowest BCUT2D eigenvalue weighted by molar-refractivity contribution is 0.0539. The molecule has 1 saturated heterocycles. The first kappa shape index (κ1) is 20.5. The van der Waals surface area contributed by atoms with Crippen LogP contribution in [-0.2, 0) is 9.57 Å². The van der Waals surface area contributed by atoms with Gasteiger partial charge in [-0.2, -0.15) is 4.98 Å². The molecule has 2 N–H and O–H groups in total. The molecule has 9 heteroatoms. The van der Waals surface area contributed by atoms with Crippen LogP contribution in [0.15, 0.2) is 30.5 Å². The van der Waals surface area contributed by atoms with Gasteiger partial charge in [-0.1, -0.05) is 11.6 Å². The second-order valence-corrected chi connectivity index (χ2v) is 7.30. The monoisotopic (exact) mass is 430 g/mol. The third kappa shape index (κ3) is 3.94. The number of hydroxylamine groups is 1.